The number of methoxy groups -OCH3 is 1. The molecule has 1 aromatic heterocycles. The second kappa shape index (κ2) is 12.6. The summed E-state index contributed by atoms with van der Waals surface area (Å²) in [6, 6.07) is 18.1. The lowest BCUT2D eigenvalue weighted by Crippen LogP contribution is -2.39. The molecular formula is C32H27BrCl2N2O4S. The molecule has 4 aromatic rings. The van der Waals surface area contributed by atoms with Gasteiger partial charge in [0.05, 0.1) is 29.0 Å². The number of halogens is 3. The monoisotopic (exact) mass is 684 g/mol. The van der Waals surface area contributed by atoms with E-state index in [1.165, 1.54) is 18.4 Å². The van der Waals surface area contributed by atoms with Gasteiger partial charge in [-0.3, -0.25) is 9.36 Å². The van der Waals surface area contributed by atoms with Crippen molar-refractivity contribution in [3.8, 4) is 5.75 Å². The molecule has 2 heterocycles. The van der Waals surface area contributed by atoms with E-state index in [2.05, 4.69) is 34.8 Å². The molecule has 0 unspecified atom stereocenters. The lowest BCUT2D eigenvalue weighted by molar-refractivity contribution is -0.136. The van der Waals surface area contributed by atoms with E-state index < -0.39 is 12.0 Å². The molecule has 0 aliphatic carbocycles. The van der Waals surface area contributed by atoms with Crippen LogP contribution >= 0.6 is 50.5 Å². The van der Waals surface area contributed by atoms with Crippen molar-refractivity contribution in [1.82, 2.24) is 4.57 Å². The normalized spacial score (nSPS) is 15.0. The Bertz CT molecular complexity index is 1890. The summed E-state index contributed by atoms with van der Waals surface area (Å²) in [5.74, 6) is 0.394. The molecule has 0 bridgehead atoms. The van der Waals surface area contributed by atoms with E-state index in [1.807, 2.05) is 48.5 Å². The summed E-state index contributed by atoms with van der Waals surface area (Å²) >= 11 is 17.2. The van der Waals surface area contributed by atoms with Gasteiger partial charge in [-0.25, -0.2) is 9.79 Å². The van der Waals surface area contributed by atoms with Gasteiger partial charge in [0.25, 0.3) is 5.56 Å². The molecule has 0 saturated carbocycles. The maximum atomic E-state index is 14.0. The smallest absolute Gasteiger partial charge is 0.338 e. The van der Waals surface area contributed by atoms with Crippen molar-refractivity contribution < 1.29 is 14.3 Å². The number of ether oxygens (including phenoxy) is 2. The van der Waals surface area contributed by atoms with E-state index in [4.69, 9.17) is 32.7 Å². The molecule has 216 valence electrons. The van der Waals surface area contributed by atoms with Crippen LogP contribution in [-0.2, 0) is 16.1 Å². The molecule has 3 aromatic carbocycles. The van der Waals surface area contributed by atoms with Crippen LogP contribution in [0, 0.1) is 0 Å². The van der Waals surface area contributed by atoms with Gasteiger partial charge in [0.1, 0.15) is 12.4 Å². The number of fused-ring (bicyclic) bond motifs is 1. The minimum Gasteiger partial charge on any atom is -0.488 e. The Morgan fingerprint density at radius 2 is 1.86 bits per heavy atom. The minimum atomic E-state index is -0.678. The summed E-state index contributed by atoms with van der Waals surface area (Å²) in [4.78, 5) is 32.1. The van der Waals surface area contributed by atoms with Crippen LogP contribution in [0.5, 0.6) is 5.75 Å². The van der Waals surface area contributed by atoms with Crippen LogP contribution in [0.25, 0.3) is 6.08 Å². The topological polar surface area (TPSA) is 69.9 Å². The van der Waals surface area contributed by atoms with Crippen molar-refractivity contribution in [3.05, 3.63) is 128 Å². The highest BCUT2D eigenvalue weighted by Crippen LogP contribution is 2.32. The maximum Gasteiger partial charge on any atom is 0.338 e. The SMILES string of the molecule is COC(=O)C1=C(C)N=c2s/c(=C\c3cc(Br)ccc3OCc3ccc(Cl)cc3Cl)c(=O)n2[C@H]1c1ccc(C(C)C)cc1. The second-order valence-corrected chi connectivity index (χ2v) is 12.9. The van der Waals surface area contributed by atoms with Gasteiger partial charge in [0.2, 0.25) is 0 Å². The largest absolute Gasteiger partial charge is 0.488 e. The summed E-state index contributed by atoms with van der Waals surface area (Å²) in [5, 5.41) is 1.05. The molecule has 0 N–H and O–H groups in total. The Morgan fingerprint density at radius 3 is 2.52 bits per heavy atom. The standard InChI is InChI=1S/C32H27BrCl2N2O4S/c1-17(2)19-5-7-20(8-6-19)29-28(31(39)40-4)18(3)36-32-37(29)30(38)27(42-32)14-22-13-23(33)10-12-26(22)41-16-21-9-11-24(34)15-25(21)35/h5-15,17,29H,16H2,1-4H3/b27-14-/t29-/m0/s1. The van der Waals surface area contributed by atoms with E-state index in [0.29, 0.717) is 47.9 Å². The molecular weight excluding hydrogens is 659 g/mol. The molecule has 0 fully saturated rings. The van der Waals surface area contributed by atoms with Gasteiger partial charge < -0.3 is 9.47 Å². The Morgan fingerprint density at radius 1 is 1.12 bits per heavy atom. The number of aromatic nitrogens is 1. The molecule has 1 atom stereocenters. The lowest BCUT2D eigenvalue weighted by atomic mass is 9.93. The zero-order valence-corrected chi connectivity index (χ0v) is 27.2. The summed E-state index contributed by atoms with van der Waals surface area (Å²) in [7, 11) is 1.33. The summed E-state index contributed by atoms with van der Waals surface area (Å²) in [6.07, 6.45) is 1.78. The molecule has 0 spiro atoms. The quantitative estimate of drug-likeness (QED) is 0.193. The first-order valence-electron chi connectivity index (χ1n) is 13.1. The average Bonchev–Trinajstić information content (AvgIpc) is 3.26. The van der Waals surface area contributed by atoms with Gasteiger partial charge in [0.15, 0.2) is 4.80 Å². The Labute approximate surface area is 265 Å². The number of hydrogen-bond donors (Lipinski definition) is 0. The minimum absolute atomic E-state index is 0.216. The van der Waals surface area contributed by atoms with Crippen LogP contribution < -0.4 is 19.6 Å². The molecule has 5 rings (SSSR count). The predicted octanol–water partition coefficient (Wildman–Crippen LogP) is 7.18. The number of thiazole rings is 1. The fraction of sp³-hybridized carbons (Fsp3) is 0.219. The van der Waals surface area contributed by atoms with Crippen LogP contribution in [-0.4, -0.2) is 17.6 Å². The number of benzene rings is 3. The van der Waals surface area contributed by atoms with Crippen molar-refractivity contribution in [3.63, 3.8) is 0 Å². The Hall–Kier alpha value is -3.17. The number of carbonyl (C=O) groups is 1. The average molecular weight is 686 g/mol. The zero-order chi connectivity index (χ0) is 30.1. The van der Waals surface area contributed by atoms with E-state index in [1.54, 1.807) is 29.7 Å². The number of esters is 1. The van der Waals surface area contributed by atoms with E-state index in [-0.39, 0.29) is 12.2 Å². The van der Waals surface area contributed by atoms with Gasteiger partial charge in [-0.1, -0.05) is 94.6 Å². The van der Waals surface area contributed by atoms with Gasteiger partial charge >= 0.3 is 5.97 Å². The van der Waals surface area contributed by atoms with Crippen molar-refractivity contribution in [2.24, 2.45) is 4.99 Å². The third kappa shape index (κ3) is 6.13. The van der Waals surface area contributed by atoms with Crippen molar-refractivity contribution in [2.75, 3.05) is 7.11 Å². The molecule has 0 saturated heterocycles. The first kappa shape index (κ1) is 30.3. The van der Waals surface area contributed by atoms with Gasteiger partial charge in [-0.15, -0.1) is 0 Å². The number of hydrogen-bond acceptors (Lipinski definition) is 6. The third-order valence-corrected chi connectivity index (χ3v) is 9.07. The Balaban J connectivity index is 1.61. The van der Waals surface area contributed by atoms with E-state index in [0.717, 1.165) is 21.2 Å². The highest BCUT2D eigenvalue weighted by molar-refractivity contribution is 9.10. The summed E-state index contributed by atoms with van der Waals surface area (Å²) in [5.41, 5.74) is 4.02. The highest BCUT2D eigenvalue weighted by Gasteiger charge is 2.33. The van der Waals surface area contributed by atoms with Gasteiger partial charge in [-0.2, -0.15) is 0 Å². The molecule has 10 heteroatoms. The predicted molar refractivity (Wildman–Crippen MR) is 171 cm³/mol. The van der Waals surface area contributed by atoms with Crippen LogP contribution in [0.2, 0.25) is 10.0 Å². The van der Waals surface area contributed by atoms with Crippen molar-refractivity contribution >= 4 is 62.5 Å². The molecule has 6 nitrogen and oxygen atoms in total. The van der Waals surface area contributed by atoms with E-state index in [9.17, 15) is 9.59 Å². The number of nitrogens with zero attached hydrogens (tertiary/aromatic N) is 2. The van der Waals surface area contributed by atoms with Crippen LogP contribution in [0.4, 0.5) is 0 Å². The summed E-state index contributed by atoms with van der Waals surface area (Å²) in [6.45, 7) is 6.21. The Kier molecular flexibility index (Phi) is 9.08. The first-order chi connectivity index (χ1) is 20.1. The molecule has 42 heavy (non-hydrogen) atoms. The van der Waals surface area contributed by atoms with Crippen molar-refractivity contribution in [1.29, 1.82) is 0 Å². The zero-order valence-electron chi connectivity index (χ0n) is 23.3. The van der Waals surface area contributed by atoms with Crippen LogP contribution in [0.15, 0.2) is 86.2 Å². The van der Waals surface area contributed by atoms with E-state index >= 15 is 0 Å². The van der Waals surface area contributed by atoms with Gasteiger partial charge in [0, 0.05) is 25.6 Å². The second-order valence-electron chi connectivity index (χ2n) is 10.1. The van der Waals surface area contributed by atoms with Crippen LogP contribution in [0.3, 0.4) is 0 Å². The maximum absolute atomic E-state index is 14.0. The highest BCUT2D eigenvalue weighted by atomic mass is 79.9. The first-order valence-corrected chi connectivity index (χ1v) is 15.5. The molecule has 1 aliphatic heterocycles. The van der Waals surface area contributed by atoms with Crippen LogP contribution in [0.1, 0.15) is 55.0 Å². The number of rotatable bonds is 7. The summed E-state index contributed by atoms with van der Waals surface area (Å²) < 4.78 is 14.1. The van der Waals surface area contributed by atoms with Gasteiger partial charge in [-0.05, 0) is 60.4 Å². The molecule has 0 radical (unpaired) electrons. The third-order valence-electron chi connectivity index (χ3n) is 7.00. The van der Waals surface area contributed by atoms with Crippen molar-refractivity contribution in [2.45, 2.75) is 39.3 Å². The number of carbonyl (C=O) groups excluding carboxylic acids is 1. The molecule has 0 amide bonds. The fourth-order valence-corrected chi connectivity index (χ4v) is 6.65. The fourth-order valence-electron chi connectivity index (χ4n) is 4.77. The number of allylic oxidation sites excluding steroid dienone is 1. The lowest BCUT2D eigenvalue weighted by Gasteiger charge is -2.24. The molecule has 1 aliphatic rings.